The molecule has 0 bridgehead atoms. The number of ether oxygens (including phenoxy) is 1. The third kappa shape index (κ3) is 2.25. The van der Waals surface area contributed by atoms with E-state index in [2.05, 4.69) is 5.10 Å². The standard InChI is InChI=1S/C15H15N3O/c1-10-7-12(16)3-6-15(10)19-14-5-4-13-8-11(2)17-18(13)9-14/h3-9H,16H2,1-2H3. The van der Waals surface area contributed by atoms with Gasteiger partial charge in [-0.15, -0.1) is 0 Å². The number of nitrogens with two attached hydrogens (primary N) is 1. The van der Waals surface area contributed by atoms with E-state index in [1.807, 2.05) is 61.0 Å². The Labute approximate surface area is 111 Å². The lowest BCUT2D eigenvalue weighted by Gasteiger charge is -2.09. The Bertz CT molecular complexity index is 746. The van der Waals surface area contributed by atoms with Crippen molar-refractivity contribution >= 4 is 11.2 Å². The third-order valence-electron chi connectivity index (χ3n) is 2.98. The maximum Gasteiger partial charge on any atom is 0.145 e. The van der Waals surface area contributed by atoms with Crippen molar-refractivity contribution in [3.8, 4) is 11.5 Å². The summed E-state index contributed by atoms with van der Waals surface area (Å²) in [4.78, 5) is 0. The number of pyridine rings is 1. The van der Waals surface area contributed by atoms with Crippen LogP contribution in [0.5, 0.6) is 11.5 Å². The van der Waals surface area contributed by atoms with Gasteiger partial charge in [0.2, 0.25) is 0 Å². The van der Waals surface area contributed by atoms with E-state index >= 15 is 0 Å². The molecular formula is C15H15N3O. The molecule has 4 nitrogen and oxygen atoms in total. The zero-order valence-corrected chi connectivity index (χ0v) is 10.9. The van der Waals surface area contributed by atoms with E-state index in [1.54, 1.807) is 0 Å². The van der Waals surface area contributed by atoms with Gasteiger partial charge in [0.1, 0.15) is 11.5 Å². The Balaban J connectivity index is 1.96. The van der Waals surface area contributed by atoms with Crippen LogP contribution in [0.4, 0.5) is 5.69 Å². The molecule has 4 heteroatoms. The lowest BCUT2D eigenvalue weighted by atomic mass is 10.2. The van der Waals surface area contributed by atoms with Crippen LogP contribution in [-0.2, 0) is 0 Å². The van der Waals surface area contributed by atoms with Crippen molar-refractivity contribution in [2.45, 2.75) is 13.8 Å². The van der Waals surface area contributed by atoms with E-state index in [0.29, 0.717) is 0 Å². The summed E-state index contributed by atoms with van der Waals surface area (Å²) >= 11 is 0. The van der Waals surface area contributed by atoms with Crippen LogP contribution < -0.4 is 10.5 Å². The lowest BCUT2D eigenvalue weighted by molar-refractivity contribution is 0.475. The summed E-state index contributed by atoms with van der Waals surface area (Å²) in [6, 6.07) is 11.6. The summed E-state index contributed by atoms with van der Waals surface area (Å²) in [5, 5.41) is 4.37. The minimum absolute atomic E-state index is 0.739. The van der Waals surface area contributed by atoms with Crippen molar-refractivity contribution in [3.05, 3.63) is 53.9 Å². The molecule has 0 radical (unpaired) electrons. The minimum atomic E-state index is 0.739. The van der Waals surface area contributed by atoms with Crippen LogP contribution in [0.25, 0.3) is 5.52 Å². The van der Waals surface area contributed by atoms with Crippen molar-refractivity contribution in [3.63, 3.8) is 0 Å². The number of benzene rings is 1. The monoisotopic (exact) mass is 253 g/mol. The second kappa shape index (κ2) is 4.31. The molecule has 2 heterocycles. The van der Waals surface area contributed by atoms with Crippen LogP contribution in [0.1, 0.15) is 11.3 Å². The molecule has 2 aromatic heterocycles. The zero-order chi connectivity index (χ0) is 13.4. The number of hydrogen-bond acceptors (Lipinski definition) is 3. The first-order valence-electron chi connectivity index (χ1n) is 6.12. The summed E-state index contributed by atoms with van der Waals surface area (Å²) in [7, 11) is 0. The summed E-state index contributed by atoms with van der Waals surface area (Å²) in [6.45, 7) is 3.94. The fourth-order valence-electron chi connectivity index (χ4n) is 2.07. The molecule has 0 amide bonds. The Kier molecular flexibility index (Phi) is 2.63. The molecule has 96 valence electrons. The Morgan fingerprint density at radius 2 is 1.95 bits per heavy atom. The first-order valence-corrected chi connectivity index (χ1v) is 6.12. The number of hydrogen-bond donors (Lipinski definition) is 1. The maximum atomic E-state index is 5.87. The van der Waals surface area contributed by atoms with Crippen LogP contribution in [0.3, 0.4) is 0 Å². The molecule has 19 heavy (non-hydrogen) atoms. The molecular weight excluding hydrogens is 238 g/mol. The predicted octanol–water partition coefficient (Wildman–Crippen LogP) is 3.33. The fraction of sp³-hybridized carbons (Fsp3) is 0.133. The van der Waals surface area contributed by atoms with Crippen LogP contribution in [0, 0.1) is 13.8 Å². The quantitative estimate of drug-likeness (QED) is 0.713. The normalized spacial score (nSPS) is 10.8. The number of nitrogens with zero attached hydrogens (tertiary/aromatic N) is 2. The van der Waals surface area contributed by atoms with E-state index in [-0.39, 0.29) is 0 Å². The summed E-state index contributed by atoms with van der Waals surface area (Å²) in [5.41, 5.74) is 9.52. The van der Waals surface area contributed by atoms with Gasteiger partial charge in [0.05, 0.1) is 17.4 Å². The lowest BCUT2D eigenvalue weighted by Crippen LogP contribution is -1.93. The van der Waals surface area contributed by atoms with Crippen molar-refractivity contribution in [1.29, 1.82) is 0 Å². The smallest absolute Gasteiger partial charge is 0.145 e. The second-order valence-corrected chi connectivity index (χ2v) is 4.65. The van der Waals surface area contributed by atoms with E-state index in [4.69, 9.17) is 10.5 Å². The number of anilines is 1. The largest absolute Gasteiger partial charge is 0.455 e. The SMILES string of the molecule is Cc1cc2ccc(Oc3ccc(N)cc3C)cn2n1. The molecule has 3 rings (SSSR count). The third-order valence-corrected chi connectivity index (χ3v) is 2.98. The van der Waals surface area contributed by atoms with Gasteiger partial charge in [-0.2, -0.15) is 5.10 Å². The van der Waals surface area contributed by atoms with Gasteiger partial charge < -0.3 is 10.5 Å². The number of rotatable bonds is 2. The molecule has 0 atom stereocenters. The Hall–Kier alpha value is -2.49. The number of aryl methyl sites for hydroxylation is 2. The highest BCUT2D eigenvalue weighted by molar-refractivity contribution is 5.51. The number of fused-ring (bicyclic) bond motifs is 1. The molecule has 0 saturated heterocycles. The fourth-order valence-corrected chi connectivity index (χ4v) is 2.07. The Morgan fingerprint density at radius 3 is 2.74 bits per heavy atom. The van der Waals surface area contributed by atoms with Gasteiger partial charge in [-0.1, -0.05) is 0 Å². The van der Waals surface area contributed by atoms with Gasteiger partial charge in [0.25, 0.3) is 0 Å². The van der Waals surface area contributed by atoms with E-state index in [0.717, 1.165) is 34.0 Å². The average Bonchev–Trinajstić information content (AvgIpc) is 2.72. The predicted molar refractivity (Wildman–Crippen MR) is 75.6 cm³/mol. The highest BCUT2D eigenvalue weighted by atomic mass is 16.5. The first kappa shape index (κ1) is 11.6. The Morgan fingerprint density at radius 1 is 1.11 bits per heavy atom. The van der Waals surface area contributed by atoms with Gasteiger partial charge in [-0.05, 0) is 55.8 Å². The highest BCUT2D eigenvalue weighted by Crippen LogP contribution is 2.26. The minimum Gasteiger partial charge on any atom is -0.455 e. The van der Waals surface area contributed by atoms with Crippen LogP contribution >= 0.6 is 0 Å². The molecule has 0 saturated carbocycles. The molecule has 0 spiro atoms. The molecule has 0 unspecified atom stereocenters. The van der Waals surface area contributed by atoms with Crippen LogP contribution in [-0.4, -0.2) is 9.61 Å². The summed E-state index contributed by atoms with van der Waals surface area (Å²) < 4.78 is 7.68. The van der Waals surface area contributed by atoms with E-state index in [9.17, 15) is 0 Å². The van der Waals surface area contributed by atoms with Crippen molar-refractivity contribution in [2.75, 3.05) is 5.73 Å². The van der Waals surface area contributed by atoms with Gasteiger partial charge in [-0.25, -0.2) is 4.52 Å². The molecule has 2 N–H and O–H groups in total. The molecule has 0 aliphatic rings. The molecule has 0 aliphatic carbocycles. The summed E-state index contributed by atoms with van der Waals surface area (Å²) in [5.74, 6) is 1.56. The first-order chi connectivity index (χ1) is 9.11. The van der Waals surface area contributed by atoms with Gasteiger partial charge in [0, 0.05) is 5.69 Å². The molecule has 0 fully saturated rings. The van der Waals surface area contributed by atoms with Gasteiger partial charge in [0.15, 0.2) is 0 Å². The van der Waals surface area contributed by atoms with E-state index in [1.165, 1.54) is 0 Å². The van der Waals surface area contributed by atoms with Crippen LogP contribution in [0.2, 0.25) is 0 Å². The van der Waals surface area contributed by atoms with Crippen molar-refractivity contribution in [2.24, 2.45) is 0 Å². The highest BCUT2D eigenvalue weighted by Gasteiger charge is 2.04. The number of aromatic nitrogens is 2. The molecule has 1 aromatic carbocycles. The summed E-state index contributed by atoms with van der Waals surface area (Å²) in [6.07, 6.45) is 1.87. The average molecular weight is 253 g/mol. The van der Waals surface area contributed by atoms with Crippen molar-refractivity contribution in [1.82, 2.24) is 9.61 Å². The van der Waals surface area contributed by atoms with Gasteiger partial charge in [-0.3, -0.25) is 0 Å². The molecule has 3 aromatic rings. The molecule has 0 aliphatic heterocycles. The maximum absolute atomic E-state index is 5.87. The number of nitrogen functional groups attached to an aromatic ring is 1. The van der Waals surface area contributed by atoms with Crippen LogP contribution in [0.15, 0.2) is 42.6 Å². The second-order valence-electron chi connectivity index (χ2n) is 4.65. The zero-order valence-electron chi connectivity index (χ0n) is 10.9. The van der Waals surface area contributed by atoms with E-state index < -0.39 is 0 Å². The van der Waals surface area contributed by atoms with Crippen molar-refractivity contribution < 1.29 is 4.74 Å². The topological polar surface area (TPSA) is 52.5 Å². The van der Waals surface area contributed by atoms with Gasteiger partial charge >= 0.3 is 0 Å².